The van der Waals surface area contributed by atoms with Gasteiger partial charge in [-0.2, -0.15) is 0 Å². The van der Waals surface area contributed by atoms with Gasteiger partial charge >= 0.3 is 0 Å². The van der Waals surface area contributed by atoms with Crippen LogP contribution in [-0.2, 0) is 0 Å². The van der Waals surface area contributed by atoms with E-state index in [4.69, 9.17) is 9.15 Å². The van der Waals surface area contributed by atoms with E-state index in [0.717, 1.165) is 6.07 Å². The van der Waals surface area contributed by atoms with Gasteiger partial charge in [-0.15, -0.1) is 0 Å². The van der Waals surface area contributed by atoms with Crippen LogP contribution in [0.4, 0.5) is 4.39 Å². The Kier molecular flexibility index (Phi) is 2.72. The number of hydrogen-bond acceptors (Lipinski definition) is 3. The van der Waals surface area contributed by atoms with Gasteiger partial charge in [-0.25, -0.2) is 4.39 Å². The van der Waals surface area contributed by atoms with Crippen molar-refractivity contribution in [2.24, 2.45) is 0 Å². The molecule has 0 amide bonds. The number of carbonyl (C=O) groups is 1. The van der Waals surface area contributed by atoms with E-state index < -0.39 is 5.82 Å². The van der Waals surface area contributed by atoms with Crippen molar-refractivity contribution in [1.82, 2.24) is 0 Å². The highest BCUT2D eigenvalue weighted by molar-refractivity contribution is 6.07. The number of halogens is 1. The maximum atomic E-state index is 13.3. The van der Waals surface area contributed by atoms with Crippen LogP contribution in [0.15, 0.2) is 41.0 Å². The average molecular weight is 220 g/mol. The highest BCUT2D eigenvalue weighted by Crippen LogP contribution is 2.19. The smallest absolute Gasteiger partial charge is 0.228 e. The number of ether oxygens (including phenoxy) is 1. The van der Waals surface area contributed by atoms with E-state index in [-0.39, 0.29) is 22.9 Å². The number of hydrogen-bond donors (Lipinski definition) is 0. The molecule has 0 aliphatic carbocycles. The molecule has 2 aromatic rings. The molecular weight excluding hydrogens is 211 g/mol. The molecule has 3 nitrogen and oxygen atoms in total. The second-order valence-corrected chi connectivity index (χ2v) is 3.16. The molecule has 1 aromatic carbocycles. The van der Waals surface area contributed by atoms with Crippen molar-refractivity contribution in [1.29, 1.82) is 0 Å². The fourth-order valence-electron chi connectivity index (χ4n) is 1.36. The van der Waals surface area contributed by atoms with Crippen molar-refractivity contribution in [2.75, 3.05) is 7.11 Å². The SMILES string of the molecule is COc1ccc(C(=O)c2ccco2)cc1F. The average Bonchev–Trinajstić information content (AvgIpc) is 2.81. The van der Waals surface area contributed by atoms with Crippen molar-refractivity contribution in [3.8, 4) is 5.75 Å². The second-order valence-electron chi connectivity index (χ2n) is 3.16. The molecule has 0 aliphatic rings. The van der Waals surface area contributed by atoms with Gasteiger partial charge in [-0.05, 0) is 30.3 Å². The van der Waals surface area contributed by atoms with Gasteiger partial charge in [-0.3, -0.25) is 4.79 Å². The number of furan rings is 1. The predicted molar refractivity (Wildman–Crippen MR) is 55.1 cm³/mol. The van der Waals surface area contributed by atoms with Gasteiger partial charge in [0.25, 0.3) is 0 Å². The quantitative estimate of drug-likeness (QED) is 0.746. The van der Waals surface area contributed by atoms with Crippen molar-refractivity contribution in [3.05, 3.63) is 53.7 Å². The third-order valence-electron chi connectivity index (χ3n) is 2.16. The highest BCUT2D eigenvalue weighted by Gasteiger charge is 2.14. The van der Waals surface area contributed by atoms with Crippen LogP contribution in [0, 0.1) is 5.82 Å². The molecule has 0 saturated heterocycles. The first-order valence-electron chi connectivity index (χ1n) is 4.64. The van der Waals surface area contributed by atoms with Gasteiger partial charge in [0.15, 0.2) is 17.3 Å². The summed E-state index contributed by atoms with van der Waals surface area (Å²) in [5.41, 5.74) is 0.230. The summed E-state index contributed by atoms with van der Waals surface area (Å²) in [5.74, 6) is -0.632. The standard InChI is InChI=1S/C12H9FO3/c1-15-10-5-4-8(7-9(10)13)12(14)11-3-2-6-16-11/h2-7H,1H3. The molecule has 0 spiro atoms. The number of benzene rings is 1. The molecule has 0 bridgehead atoms. The van der Waals surface area contributed by atoms with Crippen molar-refractivity contribution in [3.63, 3.8) is 0 Å². The minimum atomic E-state index is -0.570. The lowest BCUT2D eigenvalue weighted by molar-refractivity contribution is 0.101. The van der Waals surface area contributed by atoms with Crippen molar-refractivity contribution >= 4 is 5.78 Å². The third kappa shape index (κ3) is 1.82. The Balaban J connectivity index is 2.35. The first-order valence-corrected chi connectivity index (χ1v) is 4.64. The molecular formula is C12H9FO3. The fraction of sp³-hybridized carbons (Fsp3) is 0.0833. The maximum absolute atomic E-state index is 13.3. The summed E-state index contributed by atoms with van der Waals surface area (Å²) in [5, 5.41) is 0. The monoisotopic (exact) mass is 220 g/mol. The fourth-order valence-corrected chi connectivity index (χ4v) is 1.36. The predicted octanol–water partition coefficient (Wildman–Crippen LogP) is 2.66. The zero-order valence-electron chi connectivity index (χ0n) is 8.57. The highest BCUT2D eigenvalue weighted by atomic mass is 19.1. The van der Waals surface area contributed by atoms with E-state index in [9.17, 15) is 9.18 Å². The Hall–Kier alpha value is -2.10. The second kappa shape index (κ2) is 4.18. The first kappa shape index (κ1) is 10.4. The molecule has 1 heterocycles. The molecule has 4 heteroatoms. The largest absolute Gasteiger partial charge is 0.494 e. The Morgan fingerprint density at radius 2 is 2.19 bits per heavy atom. The van der Waals surface area contributed by atoms with Crippen LogP contribution in [-0.4, -0.2) is 12.9 Å². The topological polar surface area (TPSA) is 39.4 Å². The van der Waals surface area contributed by atoms with Gasteiger partial charge in [0.2, 0.25) is 5.78 Å². The van der Waals surface area contributed by atoms with Crippen LogP contribution in [0.25, 0.3) is 0 Å². The Morgan fingerprint density at radius 3 is 2.75 bits per heavy atom. The molecule has 0 radical (unpaired) electrons. The Morgan fingerprint density at radius 1 is 1.38 bits per heavy atom. The minimum Gasteiger partial charge on any atom is -0.494 e. The van der Waals surface area contributed by atoms with E-state index in [0.29, 0.717) is 0 Å². The van der Waals surface area contributed by atoms with Gasteiger partial charge in [0, 0.05) is 5.56 Å². The van der Waals surface area contributed by atoms with Gasteiger partial charge in [-0.1, -0.05) is 0 Å². The van der Waals surface area contributed by atoms with Gasteiger partial charge < -0.3 is 9.15 Å². The number of ketones is 1. The van der Waals surface area contributed by atoms with E-state index in [1.54, 1.807) is 6.07 Å². The summed E-state index contributed by atoms with van der Waals surface area (Å²) in [7, 11) is 1.37. The summed E-state index contributed by atoms with van der Waals surface area (Å²) in [4.78, 5) is 11.8. The first-order chi connectivity index (χ1) is 7.72. The van der Waals surface area contributed by atoms with E-state index >= 15 is 0 Å². The lowest BCUT2D eigenvalue weighted by atomic mass is 10.1. The number of carbonyl (C=O) groups excluding carboxylic acids is 1. The normalized spacial score (nSPS) is 10.1. The lowest BCUT2D eigenvalue weighted by Crippen LogP contribution is -2.00. The summed E-state index contributed by atoms with van der Waals surface area (Å²) in [6.07, 6.45) is 1.40. The summed E-state index contributed by atoms with van der Waals surface area (Å²) in [6.45, 7) is 0. The zero-order valence-corrected chi connectivity index (χ0v) is 8.57. The van der Waals surface area contributed by atoms with Crippen LogP contribution >= 0.6 is 0 Å². The molecule has 0 atom stereocenters. The Bertz CT molecular complexity index is 503. The van der Waals surface area contributed by atoms with Crippen LogP contribution in [0.1, 0.15) is 16.1 Å². The molecule has 82 valence electrons. The Labute approximate surface area is 91.5 Å². The number of methoxy groups -OCH3 is 1. The van der Waals surface area contributed by atoms with Crippen LogP contribution in [0.5, 0.6) is 5.75 Å². The summed E-state index contributed by atoms with van der Waals surface area (Å²) < 4.78 is 23.0. The molecule has 16 heavy (non-hydrogen) atoms. The summed E-state index contributed by atoms with van der Waals surface area (Å²) in [6, 6.07) is 7.17. The van der Waals surface area contributed by atoms with Crippen LogP contribution < -0.4 is 4.74 Å². The van der Waals surface area contributed by atoms with Gasteiger partial charge in [0.05, 0.1) is 13.4 Å². The maximum Gasteiger partial charge on any atom is 0.228 e. The molecule has 0 fully saturated rings. The molecule has 0 unspecified atom stereocenters. The van der Waals surface area contributed by atoms with E-state index in [1.165, 1.54) is 31.6 Å². The van der Waals surface area contributed by atoms with Crippen molar-refractivity contribution in [2.45, 2.75) is 0 Å². The van der Waals surface area contributed by atoms with E-state index in [1.807, 2.05) is 0 Å². The lowest BCUT2D eigenvalue weighted by Gasteiger charge is -2.03. The molecule has 2 rings (SSSR count). The minimum absolute atomic E-state index is 0.107. The molecule has 1 aromatic heterocycles. The third-order valence-corrected chi connectivity index (χ3v) is 2.16. The van der Waals surface area contributed by atoms with Crippen LogP contribution in [0.2, 0.25) is 0 Å². The molecule has 0 aliphatic heterocycles. The number of rotatable bonds is 3. The van der Waals surface area contributed by atoms with E-state index in [2.05, 4.69) is 0 Å². The van der Waals surface area contributed by atoms with Crippen LogP contribution in [0.3, 0.4) is 0 Å². The van der Waals surface area contributed by atoms with Gasteiger partial charge in [0.1, 0.15) is 0 Å². The summed E-state index contributed by atoms with van der Waals surface area (Å²) >= 11 is 0. The molecule has 0 saturated carbocycles. The molecule has 0 N–H and O–H groups in total. The zero-order chi connectivity index (χ0) is 11.5. The van der Waals surface area contributed by atoms with Crippen molar-refractivity contribution < 1.29 is 18.3 Å².